The maximum Gasteiger partial charge on any atom is 0.212 e. The number of nitrogens with one attached hydrogen (secondary N) is 2. The lowest BCUT2D eigenvalue weighted by atomic mass is 9.99. The summed E-state index contributed by atoms with van der Waals surface area (Å²) < 4.78 is 13.7. The molecule has 0 amide bonds. The van der Waals surface area contributed by atoms with Crippen LogP contribution < -0.4 is 5.73 Å². The largest absolute Gasteiger partial charge is 0.368 e. The van der Waals surface area contributed by atoms with Crippen molar-refractivity contribution in [3.8, 4) is 0 Å². The molecule has 0 spiro atoms. The van der Waals surface area contributed by atoms with Gasteiger partial charge in [-0.1, -0.05) is 6.92 Å². The maximum absolute atomic E-state index is 13.7. The number of guanidine groups is 1. The number of H-pyrrole nitrogens is 1. The first-order chi connectivity index (χ1) is 7.57. The van der Waals surface area contributed by atoms with E-state index < -0.39 is 0 Å². The molecule has 16 heavy (non-hydrogen) atoms. The van der Waals surface area contributed by atoms with E-state index in [0.717, 1.165) is 19.3 Å². The Morgan fingerprint density at radius 2 is 2.44 bits per heavy atom. The number of nitrogens with zero attached hydrogens (tertiary/aromatic N) is 1. The zero-order chi connectivity index (χ0) is 11.8. The zero-order valence-corrected chi connectivity index (χ0v) is 9.18. The van der Waals surface area contributed by atoms with Gasteiger partial charge in [0.15, 0.2) is 0 Å². The molecule has 1 heterocycles. The van der Waals surface area contributed by atoms with Gasteiger partial charge in [0.1, 0.15) is 5.82 Å². The van der Waals surface area contributed by atoms with E-state index in [0.29, 0.717) is 11.4 Å². The number of nitrogens with two attached hydrogens (primary N) is 1. The summed E-state index contributed by atoms with van der Waals surface area (Å²) in [5.41, 5.74) is 6.32. The van der Waals surface area contributed by atoms with Crippen molar-refractivity contribution < 1.29 is 4.39 Å². The second-order valence-corrected chi connectivity index (χ2v) is 4.22. The van der Waals surface area contributed by atoms with Gasteiger partial charge in [0.2, 0.25) is 5.96 Å². The molecule has 2 rings (SSSR count). The van der Waals surface area contributed by atoms with Crippen LogP contribution in [-0.4, -0.2) is 17.2 Å². The van der Waals surface area contributed by atoms with Crippen LogP contribution in [0, 0.1) is 11.2 Å². The van der Waals surface area contributed by atoms with E-state index >= 15 is 0 Å². The molecule has 4 N–H and O–H groups in total. The molecule has 0 saturated heterocycles. The third-order valence-corrected chi connectivity index (χ3v) is 3.19. The van der Waals surface area contributed by atoms with Crippen LogP contribution in [0.15, 0.2) is 11.1 Å². The second-order valence-electron chi connectivity index (χ2n) is 4.22. The monoisotopic (exact) mass is 222 g/mol. The molecule has 1 fully saturated rings. The standard InChI is InChI=1S/C11H15FN4/c1-2-11(3-4-11)9-8(12)5-7(16-9)6-15-10(13)14/h5-6,16H,2-4H2,1H3,(H3,13,14). The SMILES string of the molecule is CCC1(c2[nH]c(C=NC(=N)N)cc2F)CC1. The van der Waals surface area contributed by atoms with E-state index in [1.54, 1.807) is 0 Å². The van der Waals surface area contributed by atoms with Crippen LogP contribution in [0.3, 0.4) is 0 Å². The van der Waals surface area contributed by atoms with Gasteiger partial charge in [-0.05, 0) is 19.3 Å². The Morgan fingerprint density at radius 3 is 2.94 bits per heavy atom. The zero-order valence-electron chi connectivity index (χ0n) is 9.18. The first-order valence-corrected chi connectivity index (χ1v) is 5.34. The Hall–Kier alpha value is -1.65. The molecule has 0 aromatic carbocycles. The first kappa shape index (κ1) is 10.9. The fourth-order valence-corrected chi connectivity index (χ4v) is 1.97. The van der Waals surface area contributed by atoms with Gasteiger partial charge in [-0.3, -0.25) is 5.41 Å². The normalized spacial score (nSPS) is 17.9. The van der Waals surface area contributed by atoms with Crippen LogP contribution in [0.1, 0.15) is 37.6 Å². The molecule has 86 valence electrons. The third kappa shape index (κ3) is 1.85. The summed E-state index contributed by atoms with van der Waals surface area (Å²) in [6, 6.07) is 1.40. The summed E-state index contributed by atoms with van der Waals surface area (Å²) in [6.07, 6.45) is 4.38. The molecule has 0 bridgehead atoms. The Kier molecular flexibility index (Phi) is 2.53. The topological polar surface area (TPSA) is 78.0 Å². The molecule has 1 saturated carbocycles. The number of aromatic nitrogens is 1. The van der Waals surface area contributed by atoms with Gasteiger partial charge in [0.25, 0.3) is 0 Å². The Labute approximate surface area is 93.3 Å². The van der Waals surface area contributed by atoms with E-state index in [2.05, 4.69) is 16.9 Å². The number of rotatable bonds is 3. The number of halogens is 1. The van der Waals surface area contributed by atoms with E-state index in [-0.39, 0.29) is 17.2 Å². The predicted molar refractivity (Wildman–Crippen MR) is 61.5 cm³/mol. The molecule has 4 nitrogen and oxygen atoms in total. The first-order valence-electron chi connectivity index (χ1n) is 5.34. The van der Waals surface area contributed by atoms with Gasteiger partial charge in [0, 0.05) is 11.5 Å². The van der Waals surface area contributed by atoms with E-state index in [9.17, 15) is 4.39 Å². The second kappa shape index (κ2) is 3.73. The average Bonchev–Trinajstić information content (AvgIpc) is 2.95. The Balaban J connectivity index is 2.26. The van der Waals surface area contributed by atoms with Crippen molar-refractivity contribution in [3.63, 3.8) is 0 Å². The molecule has 0 aliphatic heterocycles. The van der Waals surface area contributed by atoms with Crippen molar-refractivity contribution in [2.75, 3.05) is 0 Å². The quantitative estimate of drug-likeness (QED) is 0.530. The minimum Gasteiger partial charge on any atom is -0.368 e. The van der Waals surface area contributed by atoms with Gasteiger partial charge in [-0.25, -0.2) is 9.38 Å². The van der Waals surface area contributed by atoms with Crippen molar-refractivity contribution >= 4 is 12.2 Å². The van der Waals surface area contributed by atoms with Gasteiger partial charge < -0.3 is 10.7 Å². The third-order valence-electron chi connectivity index (χ3n) is 3.19. The Bertz CT molecular complexity index is 443. The van der Waals surface area contributed by atoms with Crippen LogP contribution in [0.25, 0.3) is 0 Å². The molecule has 1 aliphatic rings. The molecule has 0 atom stereocenters. The molecule has 1 aliphatic carbocycles. The Morgan fingerprint density at radius 1 is 1.75 bits per heavy atom. The van der Waals surface area contributed by atoms with Crippen LogP contribution in [0.2, 0.25) is 0 Å². The van der Waals surface area contributed by atoms with E-state index in [1.165, 1.54) is 12.3 Å². The average molecular weight is 222 g/mol. The molecule has 5 heteroatoms. The van der Waals surface area contributed by atoms with Gasteiger partial charge >= 0.3 is 0 Å². The highest BCUT2D eigenvalue weighted by atomic mass is 19.1. The van der Waals surface area contributed by atoms with Crippen molar-refractivity contribution in [3.05, 3.63) is 23.3 Å². The summed E-state index contributed by atoms with van der Waals surface area (Å²) in [4.78, 5) is 6.63. The fraction of sp³-hybridized carbons (Fsp3) is 0.455. The summed E-state index contributed by atoms with van der Waals surface area (Å²) in [7, 11) is 0. The number of aromatic amines is 1. The van der Waals surface area contributed by atoms with Crippen molar-refractivity contribution in [2.24, 2.45) is 10.7 Å². The molecular weight excluding hydrogens is 207 g/mol. The van der Waals surface area contributed by atoms with Crippen molar-refractivity contribution in [2.45, 2.75) is 31.6 Å². The van der Waals surface area contributed by atoms with Crippen molar-refractivity contribution in [1.82, 2.24) is 4.98 Å². The summed E-state index contributed by atoms with van der Waals surface area (Å²) in [5.74, 6) is -0.502. The lowest BCUT2D eigenvalue weighted by molar-refractivity contribution is 0.554. The molecule has 1 aromatic rings. The minimum absolute atomic E-state index is 0.00635. The highest BCUT2D eigenvalue weighted by Gasteiger charge is 2.45. The lowest BCUT2D eigenvalue weighted by Gasteiger charge is -2.09. The molecular formula is C11H15FN4. The van der Waals surface area contributed by atoms with Crippen LogP contribution >= 0.6 is 0 Å². The van der Waals surface area contributed by atoms with E-state index in [1.807, 2.05) is 0 Å². The lowest BCUT2D eigenvalue weighted by Crippen LogP contribution is -2.07. The maximum atomic E-state index is 13.7. The van der Waals surface area contributed by atoms with Crippen LogP contribution in [0.4, 0.5) is 4.39 Å². The summed E-state index contributed by atoms with van der Waals surface area (Å²) in [5, 5.41) is 6.95. The number of hydrogen-bond acceptors (Lipinski definition) is 1. The van der Waals surface area contributed by atoms with Crippen LogP contribution in [-0.2, 0) is 5.41 Å². The van der Waals surface area contributed by atoms with E-state index in [4.69, 9.17) is 11.1 Å². The van der Waals surface area contributed by atoms with Crippen molar-refractivity contribution in [1.29, 1.82) is 5.41 Å². The highest BCUT2D eigenvalue weighted by Crippen LogP contribution is 2.51. The summed E-state index contributed by atoms with van der Waals surface area (Å²) >= 11 is 0. The number of aliphatic imine (C=N–C) groups is 1. The number of hydrogen-bond donors (Lipinski definition) is 3. The molecule has 0 unspecified atom stereocenters. The van der Waals surface area contributed by atoms with Gasteiger partial charge in [-0.15, -0.1) is 0 Å². The van der Waals surface area contributed by atoms with Gasteiger partial charge in [-0.2, -0.15) is 0 Å². The van der Waals surface area contributed by atoms with Crippen LogP contribution in [0.5, 0.6) is 0 Å². The highest BCUT2D eigenvalue weighted by molar-refractivity contribution is 5.90. The predicted octanol–water partition coefficient (Wildman–Crippen LogP) is 1.91. The minimum atomic E-state index is -0.284. The van der Waals surface area contributed by atoms with Gasteiger partial charge in [0.05, 0.1) is 17.6 Å². The molecule has 1 aromatic heterocycles. The molecule has 0 radical (unpaired) electrons. The summed E-state index contributed by atoms with van der Waals surface area (Å²) in [6.45, 7) is 2.07. The fourth-order valence-electron chi connectivity index (χ4n) is 1.97. The smallest absolute Gasteiger partial charge is 0.212 e.